The first-order chi connectivity index (χ1) is 10.3. The minimum atomic E-state index is 0.723. The van der Waals surface area contributed by atoms with Gasteiger partial charge in [-0.05, 0) is 20.4 Å². The van der Waals surface area contributed by atoms with E-state index in [1.54, 1.807) is 0 Å². The summed E-state index contributed by atoms with van der Waals surface area (Å²) in [7, 11) is 0. The molecule has 0 atom stereocenters. The smallest absolute Gasteiger partial charge is 0.151 e. The Bertz CT molecular complexity index is 348. The molecular weight excluding hydrogens is 270 g/mol. The summed E-state index contributed by atoms with van der Waals surface area (Å²) < 4.78 is 16.2. The van der Waals surface area contributed by atoms with Crippen molar-refractivity contribution in [3.05, 3.63) is 17.5 Å². The van der Waals surface area contributed by atoms with Crippen molar-refractivity contribution in [2.75, 3.05) is 46.1 Å². The van der Waals surface area contributed by atoms with Gasteiger partial charge in [-0.1, -0.05) is 12.1 Å². The molecule has 1 N–H and O–H groups in total. The van der Waals surface area contributed by atoms with Crippen LogP contribution in [0.4, 0.5) is 0 Å². The molecule has 21 heavy (non-hydrogen) atoms. The lowest BCUT2D eigenvalue weighted by Crippen LogP contribution is -2.30. The van der Waals surface area contributed by atoms with E-state index in [4.69, 9.17) is 14.0 Å². The summed E-state index contributed by atoms with van der Waals surface area (Å²) in [5.74, 6) is 0.885. The maximum absolute atomic E-state index is 5.43. The Morgan fingerprint density at radius 3 is 2.38 bits per heavy atom. The van der Waals surface area contributed by atoms with Gasteiger partial charge in [0, 0.05) is 38.9 Å². The maximum Gasteiger partial charge on any atom is 0.151 e. The Labute approximate surface area is 127 Å². The van der Waals surface area contributed by atoms with Gasteiger partial charge in [0.1, 0.15) is 0 Å². The van der Waals surface area contributed by atoms with E-state index in [1.165, 1.54) is 0 Å². The monoisotopic (exact) mass is 299 g/mol. The quantitative estimate of drug-likeness (QED) is 0.559. The molecule has 0 unspecified atom stereocenters. The fourth-order valence-corrected chi connectivity index (χ4v) is 1.93. The molecule has 1 rings (SSSR count). The third kappa shape index (κ3) is 8.16. The Kier molecular flexibility index (Phi) is 10.1. The van der Waals surface area contributed by atoms with Crippen LogP contribution in [0.1, 0.15) is 32.2 Å². The van der Waals surface area contributed by atoms with Gasteiger partial charge in [0.15, 0.2) is 5.76 Å². The molecule has 6 heteroatoms. The van der Waals surface area contributed by atoms with Gasteiger partial charge in [0.2, 0.25) is 0 Å². The van der Waals surface area contributed by atoms with E-state index in [0.717, 1.165) is 70.6 Å². The van der Waals surface area contributed by atoms with Crippen molar-refractivity contribution in [3.8, 4) is 0 Å². The second-order valence-electron chi connectivity index (χ2n) is 4.73. The van der Waals surface area contributed by atoms with Crippen molar-refractivity contribution in [1.82, 2.24) is 15.4 Å². The molecule has 0 aromatic carbocycles. The Morgan fingerprint density at radius 2 is 1.81 bits per heavy atom. The number of aromatic nitrogens is 1. The fraction of sp³-hybridized carbons (Fsp3) is 0.800. The molecule has 1 aromatic heterocycles. The van der Waals surface area contributed by atoms with Crippen molar-refractivity contribution in [1.29, 1.82) is 0 Å². The Hall–Kier alpha value is -0.950. The van der Waals surface area contributed by atoms with Crippen LogP contribution in [0.25, 0.3) is 0 Å². The third-order valence-electron chi connectivity index (χ3n) is 3.06. The minimum absolute atomic E-state index is 0.723. The predicted molar refractivity (Wildman–Crippen MR) is 82.1 cm³/mol. The molecule has 0 aliphatic rings. The standard InChI is InChI=1S/C15H29N3O3/c1-4-16-12-14-11-15(21-17-14)13-18(7-9-19-5-2)8-10-20-6-3/h11,16H,4-10,12-13H2,1-3H3. The Morgan fingerprint density at radius 1 is 1.14 bits per heavy atom. The van der Waals surface area contributed by atoms with E-state index < -0.39 is 0 Å². The van der Waals surface area contributed by atoms with Crippen LogP contribution >= 0.6 is 0 Å². The van der Waals surface area contributed by atoms with Gasteiger partial charge in [0.05, 0.1) is 25.5 Å². The number of ether oxygens (including phenoxy) is 2. The molecule has 0 amide bonds. The van der Waals surface area contributed by atoms with E-state index in [-0.39, 0.29) is 0 Å². The largest absolute Gasteiger partial charge is 0.380 e. The zero-order valence-electron chi connectivity index (χ0n) is 13.6. The number of rotatable bonds is 13. The van der Waals surface area contributed by atoms with Crippen LogP contribution in [-0.4, -0.2) is 56.1 Å². The zero-order chi connectivity index (χ0) is 15.3. The van der Waals surface area contributed by atoms with E-state index in [9.17, 15) is 0 Å². The van der Waals surface area contributed by atoms with Crippen molar-refractivity contribution in [2.24, 2.45) is 0 Å². The van der Waals surface area contributed by atoms with Crippen LogP contribution in [-0.2, 0) is 22.6 Å². The minimum Gasteiger partial charge on any atom is -0.380 e. The second-order valence-corrected chi connectivity index (χ2v) is 4.73. The highest BCUT2D eigenvalue weighted by Gasteiger charge is 2.10. The second kappa shape index (κ2) is 11.7. The van der Waals surface area contributed by atoms with Gasteiger partial charge >= 0.3 is 0 Å². The van der Waals surface area contributed by atoms with Gasteiger partial charge in [-0.2, -0.15) is 0 Å². The normalized spacial score (nSPS) is 11.4. The summed E-state index contributed by atoms with van der Waals surface area (Å²) >= 11 is 0. The summed E-state index contributed by atoms with van der Waals surface area (Å²) in [5.41, 5.74) is 0.946. The predicted octanol–water partition coefficient (Wildman–Crippen LogP) is 1.66. The fourth-order valence-electron chi connectivity index (χ4n) is 1.93. The van der Waals surface area contributed by atoms with Crippen LogP contribution in [0, 0.1) is 0 Å². The number of hydrogen-bond acceptors (Lipinski definition) is 6. The first-order valence-electron chi connectivity index (χ1n) is 7.83. The summed E-state index contributed by atoms with van der Waals surface area (Å²) in [6, 6.07) is 2.01. The molecule has 0 fully saturated rings. The number of nitrogens with one attached hydrogen (secondary N) is 1. The lowest BCUT2D eigenvalue weighted by molar-refractivity contribution is 0.0758. The Balaban J connectivity index is 2.43. The molecule has 0 bridgehead atoms. The van der Waals surface area contributed by atoms with Gasteiger partial charge in [-0.15, -0.1) is 0 Å². The molecule has 6 nitrogen and oxygen atoms in total. The maximum atomic E-state index is 5.43. The number of nitrogens with zero attached hydrogens (tertiary/aromatic N) is 2. The number of hydrogen-bond donors (Lipinski definition) is 1. The molecule has 1 aromatic rings. The molecule has 0 saturated carbocycles. The molecule has 0 radical (unpaired) electrons. The highest BCUT2D eigenvalue weighted by molar-refractivity contribution is 5.05. The summed E-state index contributed by atoms with van der Waals surface area (Å²) in [6.07, 6.45) is 0. The van der Waals surface area contributed by atoms with E-state index in [0.29, 0.717) is 0 Å². The van der Waals surface area contributed by atoms with Crippen molar-refractivity contribution in [3.63, 3.8) is 0 Å². The van der Waals surface area contributed by atoms with Gasteiger partial charge < -0.3 is 19.3 Å². The summed E-state index contributed by atoms with van der Waals surface area (Å²) in [6.45, 7) is 13.2. The molecule has 0 aliphatic heterocycles. The highest BCUT2D eigenvalue weighted by Crippen LogP contribution is 2.07. The van der Waals surface area contributed by atoms with Crippen LogP contribution in [0.15, 0.2) is 10.6 Å². The van der Waals surface area contributed by atoms with Crippen molar-refractivity contribution in [2.45, 2.75) is 33.9 Å². The van der Waals surface area contributed by atoms with E-state index >= 15 is 0 Å². The molecule has 1 heterocycles. The summed E-state index contributed by atoms with van der Waals surface area (Å²) in [4.78, 5) is 2.27. The van der Waals surface area contributed by atoms with Crippen LogP contribution in [0.3, 0.4) is 0 Å². The average Bonchev–Trinajstić information content (AvgIpc) is 2.93. The van der Waals surface area contributed by atoms with Gasteiger partial charge in [-0.25, -0.2) is 0 Å². The van der Waals surface area contributed by atoms with E-state index in [2.05, 4.69) is 22.3 Å². The molecular formula is C15H29N3O3. The first-order valence-corrected chi connectivity index (χ1v) is 7.83. The summed E-state index contributed by atoms with van der Waals surface area (Å²) in [5, 5.41) is 7.31. The molecule has 0 saturated heterocycles. The van der Waals surface area contributed by atoms with Crippen LogP contribution in [0.5, 0.6) is 0 Å². The van der Waals surface area contributed by atoms with Crippen LogP contribution in [0.2, 0.25) is 0 Å². The van der Waals surface area contributed by atoms with Gasteiger partial charge in [-0.3, -0.25) is 4.90 Å². The van der Waals surface area contributed by atoms with Crippen LogP contribution < -0.4 is 5.32 Å². The molecule has 122 valence electrons. The van der Waals surface area contributed by atoms with Crippen molar-refractivity contribution >= 4 is 0 Å². The molecule has 0 spiro atoms. The van der Waals surface area contributed by atoms with E-state index in [1.807, 2.05) is 19.9 Å². The van der Waals surface area contributed by atoms with Gasteiger partial charge in [0.25, 0.3) is 0 Å². The van der Waals surface area contributed by atoms with Crippen molar-refractivity contribution < 1.29 is 14.0 Å². The topological polar surface area (TPSA) is 59.8 Å². The highest BCUT2D eigenvalue weighted by atomic mass is 16.5. The first kappa shape index (κ1) is 18.1. The third-order valence-corrected chi connectivity index (χ3v) is 3.06. The molecule has 0 aliphatic carbocycles. The lowest BCUT2D eigenvalue weighted by Gasteiger charge is -2.20. The SMILES string of the molecule is CCNCc1cc(CN(CCOCC)CCOCC)on1. The average molecular weight is 299 g/mol. The zero-order valence-corrected chi connectivity index (χ0v) is 13.6. The lowest BCUT2D eigenvalue weighted by atomic mass is 10.3.